The number of fused-ring (bicyclic) bond motifs is 1. The average molecular weight is 405 g/mol. The fraction of sp³-hybridized carbons (Fsp3) is 0.167. The van der Waals surface area contributed by atoms with Crippen molar-refractivity contribution in [3.8, 4) is 45.4 Å². The second-order valence-corrected chi connectivity index (χ2v) is 7.00. The van der Waals surface area contributed by atoms with Crippen LogP contribution in [0.5, 0.6) is 23.0 Å². The normalized spacial score (nSPS) is 12.8. The molecule has 4 rings (SSSR count). The molecule has 2 aromatic carbocycles. The van der Waals surface area contributed by atoms with E-state index in [-0.39, 0.29) is 18.3 Å². The highest BCUT2D eigenvalue weighted by Gasteiger charge is 2.22. The molecule has 0 atom stereocenters. The van der Waals surface area contributed by atoms with E-state index >= 15 is 0 Å². The van der Waals surface area contributed by atoms with Gasteiger partial charge in [0.05, 0.1) is 7.11 Å². The Kier molecular flexibility index (Phi) is 4.36. The lowest BCUT2D eigenvalue weighted by Gasteiger charge is -2.10. The van der Waals surface area contributed by atoms with Crippen LogP contribution in [0.15, 0.2) is 41.1 Å². The van der Waals surface area contributed by atoms with Gasteiger partial charge >= 0.3 is 10.4 Å². The van der Waals surface area contributed by atoms with Crippen LogP contribution in [-0.4, -0.2) is 32.0 Å². The fourth-order valence-electron chi connectivity index (χ4n) is 2.99. The molecule has 146 valence electrons. The average Bonchev–Trinajstić information content (AvgIpc) is 3.29. The molecular weight excluding hydrogens is 390 g/mol. The predicted molar refractivity (Wildman–Crippen MR) is 97.0 cm³/mol. The zero-order valence-electron chi connectivity index (χ0n) is 14.8. The number of aromatic nitrogens is 1. The fourth-order valence-corrected chi connectivity index (χ4v) is 3.35. The smallest absolute Gasteiger partial charge is 0.446 e. The first-order chi connectivity index (χ1) is 13.4. The minimum absolute atomic E-state index is 0.137. The van der Waals surface area contributed by atoms with Gasteiger partial charge in [0.1, 0.15) is 12.0 Å². The van der Waals surface area contributed by atoms with E-state index in [1.54, 1.807) is 12.1 Å². The van der Waals surface area contributed by atoms with Crippen molar-refractivity contribution >= 4 is 10.4 Å². The van der Waals surface area contributed by atoms with Gasteiger partial charge in [-0.25, -0.2) is 0 Å². The SMILES string of the molecule is COc1ccc(-c2conc2-c2cc(C)c3c(c2)OCO3)cc1OS(=O)(=O)O. The zero-order chi connectivity index (χ0) is 19.9. The van der Waals surface area contributed by atoms with E-state index in [9.17, 15) is 8.42 Å². The molecule has 0 fully saturated rings. The van der Waals surface area contributed by atoms with Gasteiger partial charge in [0.25, 0.3) is 0 Å². The first-order valence-corrected chi connectivity index (χ1v) is 9.42. The molecule has 0 unspecified atom stereocenters. The van der Waals surface area contributed by atoms with Crippen LogP contribution in [0.3, 0.4) is 0 Å². The van der Waals surface area contributed by atoms with Crippen LogP contribution in [-0.2, 0) is 10.4 Å². The molecule has 0 spiro atoms. The summed E-state index contributed by atoms with van der Waals surface area (Å²) in [7, 11) is -3.37. The molecule has 0 saturated heterocycles. The van der Waals surface area contributed by atoms with Crippen LogP contribution in [0.25, 0.3) is 22.4 Å². The Bertz CT molecular complexity index is 1150. The largest absolute Gasteiger partial charge is 0.493 e. The van der Waals surface area contributed by atoms with Gasteiger partial charge in [0, 0.05) is 11.1 Å². The van der Waals surface area contributed by atoms with Crippen molar-refractivity contribution in [1.82, 2.24) is 5.16 Å². The summed E-state index contributed by atoms with van der Waals surface area (Å²) in [5, 5.41) is 4.07. The van der Waals surface area contributed by atoms with Gasteiger partial charge in [0.2, 0.25) is 6.79 Å². The molecule has 3 aromatic rings. The molecule has 9 nitrogen and oxygen atoms in total. The summed E-state index contributed by atoms with van der Waals surface area (Å²) in [5.41, 5.74) is 3.26. The third kappa shape index (κ3) is 3.35. The Morgan fingerprint density at radius 3 is 2.68 bits per heavy atom. The maximum absolute atomic E-state index is 11.1. The van der Waals surface area contributed by atoms with E-state index < -0.39 is 10.4 Å². The minimum Gasteiger partial charge on any atom is -0.493 e. The van der Waals surface area contributed by atoms with Crippen molar-refractivity contribution in [2.24, 2.45) is 0 Å². The number of hydrogen-bond donors (Lipinski definition) is 1. The van der Waals surface area contributed by atoms with E-state index in [1.807, 2.05) is 13.0 Å². The first kappa shape index (κ1) is 18.1. The van der Waals surface area contributed by atoms with Gasteiger partial charge in [0.15, 0.2) is 23.0 Å². The second-order valence-electron chi connectivity index (χ2n) is 5.98. The van der Waals surface area contributed by atoms with Gasteiger partial charge in [-0.3, -0.25) is 4.55 Å². The molecule has 28 heavy (non-hydrogen) atoms. The second kappa shape index (κ2) is 6.73. The Balaban J connectivity index is 1.80. The summed E-state index contributed by atoms with van der Waals surface area (Å²) < 4.78 is 57.0. The van der Waals surface area contributed by atoms with Crippen LogP contribution < -0.4 is 18.4 Å². The van der Waals surface area contributed by atoms with Crippen molar-refractivity contribution in [1.29, 1.82) is 0 Å². The van der Waals surface area contributed by atoms with E-state index in [2.05, 4.69) is 9.34 Å². The Morgan fingerprint density at radius 1 is 1.11 bits per heavy atom. The van der Waals surface area contributed by atoms with Gasteiger partial charge in [-0.05, 0) is 42.3 Å². The minimum atomic E-state index is -4.72. The molecule has 10 heteroatoms. The van der Waals surface area contributed by atoms with Gasteiger partial charge < -0.3 is 22.9 Å². The van der Waals surface area contributed by atoms with Crippen molar-refractivity contribution in [3.63, 3.8) is 0 Å². The lowest BCUT2D eigenvalue weighted by atomic mass is 9.99. The van der Waals surface area contributed by atoms with E-state index in [0.717, 1.165) is 11.1 Å². The number of benzene rings is 2. The molecule has 2 heterocycles. The zero-order valence-corrected chi connectivity index (χ0v) is 15.6. The maximum atomic E-state index is 11.1. The molecule has 0 aliphatic carbocycles. The monoisotopic (exact) mass is 405 g/mol. The molecule has 0 saturated carbocycles. The quantitative estimate of drug-likeness (QED) is 0.638. The first-order valence-electron chi connectivity index (χ1n) is 8.06. The summed E-state index contributed by atoms with van der Waals surface area (Å²) in [6, 6.07) is 8.27. The molecule has 1 N–H and O–H groups in total. The van der Waals surface area contributed by atoms with Crippen LogP contribution in [0.2, 0.25) is 0 Å². The van der Waals surface area contributed by atoms with E-state index in [4.69, 9.17) is 23.3 Å². The number of ether oxygens (including phenoxy) is 3. The summed E-state index contributed by atoms with van der Waals surface area (Å²) in [4.78, 5) is 0. The Morgan fingerprint density at radius 2 is 1.93 bits per heavy atom. The lowest BCUT2D eigenvalue weighted by Crippen LogP contribution is -2.07. The lowest BCUT2D eigenvalue weighted by molar-refractivity contribution is 0.173. The standard InChI is InChI=1S/C18H15NO8S/c1-10-5-12(7-16-18(10)25-9-24-16)17-13(8-26-19-17)11-3-4-14(23-2)15(6-11)27-28(20,21)22/h3-8H,9H2,1-2H3,(H,20,21,22). The number of methoxy groups -OCH3 is 1. The molecule has 1 aromatic heterocycles. The third-order valence-electron chi connectivity index (χ3n) is 4.17. The van der Waals surface area contributed by atoms with Crippen molar-refractivity contribution < 1.29 is 35.9 Å². The van der Waals surface area contributed by atoms with Crippen molar-refractivity contribution in [2.45, 2.75) is 6.92 Å². The van der Waals surface area contributed by atoms with Gasteiger partial charge in [-0.2, -0.15) is 8.42 Å². The predicted octanol–water partition coefficient (Wildman–Crippen LogP) is 3.24. The molecule has 0 amide bonds. The van der Waals surface area contributed by atoms with Gasteiger partial charge in [-0.15, -0.1) is 0 Å². The highest BCUT2D eigenvalue weighted by Crippen LogP contribution is 2.42. The van der Waals surface area contributed by atoms with E-state index in [1.165, 1.54) is 25.5 Å². The summed E-state index contributed by atoms with van der Waals surface area (Å²) >= 11 is 0. The molecule has 1 aliphatic rings. The van der Waals surface area contributed by atoms with Gasteiger partial charge in [-0.1, -0.05) is 11.2 Å². The summed E-state index contributed by atoms with van der Waals surface area (Å²) in [6.07, 6.45) is 1.42. The highest BCUT2D eigenvalue weighted by atomic mass is 32.3. The summed E-state index contributed by atoms with van der Waals surface area (Å²) in [6.45, 7) is 2.04. The molecule has 1 aliphatic heterocycles. The Labute approximate surface area is 160 Å². The third-order valence-corrected chi connectivity index (χ3v) is 4.56. The van der Waals surface area contributed by atoms with Crippen LogP contribution in [0.4, 0.5) is 0 Å². The van der Waals surface area contributed by atoms with Crippen LogP contribution in [0, 0.1) is 6.92 Å². The summed E-state index contributed by atoms with van der Waals surface area (Å²) in [5.74, 6) is 1.26. The maximum Gasteiger partial charge on any atom is 0.446 e. The van der Waals surface area contributed by atoms with E-state index in [0.29, 0.717) is 28.3 Å². The molecule has 0 radical (unpaired) electrons. The van der Waals surface area contributed by atoms with Crippen molar-refractivity contribution in [3.05, 3.63) is 42.2 Å². The highest BCUT2D eigenvalue weighted by molar-refractivity contribution is 7.81. The molecular formula is C18H15NO8S. The number of nitrogens with zero attached hydrogens (tertiary/aromatic N) is 1. The topological polar surface area (TPSA) is 117 Å². The number of hydrogen-bond acceptors (Lipinski definition) is 8. The molecule has 0 bridgehead atoms. The Hall–Kier alpha value is -3.24. The number of aryl methyl sites for hydroxylation is 1. The van der Waals surface area contributed by atoms with Crippen LogP contribution in [0.1, 0.15) is 5.56 Å². The van der Waals surface area contributed by atoms with Crippen molar-refractivity contribution in [2.75, 3.05) is 13.9 Å². The number of rotatable bonds is 5. The van der Waals surface area contributed by atoms with Crippen LogP contribution >= 0.6 is 0 Å².